The molecule has 2 N–H and O–H groups in total. The minimum absolute atomic E-state index is 0.270. The van der Waals surface area contributed by atoms with Crippen LogP contribution in [0.5, 0.6) is 0 Å². The van der Waals surface area contributed by atoms with Crippen molar-refractivity contribution in [2.45, 2.75) is 19.4 Å². The van der Waals surface area contributed by atoms with E-state index in [4.69, 9.17) is 18.0 Å². The number of thiocarbonyl (C=S) groups is 1. The molecule has 3 nitrogen and oxygen atoms in total. The minimum Gasteiger partial charge on any atom is -0.389 e. The van der Waals surface area contributed by atoms with E-state index in [1.165, 1.54) is 25.0 Å². The second-order valence-corrected chi connectivity index (χ2v) is 6.59. The summed E-state index contributed by atoms with van der Waals surface area (Å²) in [5.41, 5.74) is 7.40. The van der Waals surface area contributed by atoms with E-state index < -0.39 is 0 Å². The Labute approximate surface area is 131 Å². The zero-order chi connectivity index (χ0) is 15.4. The Hall–Kier alpha value is -1.04. The number of nitrogens with two attached hydrogens (primary N) is 1. The lowest BCUT2D eigenvalue weighted by atomic mass is 9.95. The van der Waals surface area contributed by atoms with E-state index in [1.807, 2.05) is 0 Å². The van der Waals surface area contributed by atoms with Gasteiger partial charge >= 0.3 is 0 Å². The first-order valence-corrected chi connectivity index (χ1v) is 7.82. The van der Waals surface area contributed by atoms with E-state index in [2.05, 4.69) is 23.9 Å². The fourth-order valence-corrected chi connectivity index (χ4v) is 3.19. The van der Waals surface area contributed by atoms with Gasteiger partial charge in [0.2, 0.25) is 0 Å². The number of benzene rings is 1. The molecule has 0 unspecified atom stereocenters. The largest absolute Gasteiger partial charge is 0.389 e. The van der Waals surface area contributed by atoms with Gasteiger partial charge in [0.05, 0.1) is 0 Å². The molecule has 0 radical (unpaired) electrons. The van der Waals surface area contributed by atoms with E-state index in [-0.39, 0.29) is 10.8 Å². The van der Waals surface area contributed by atoms with Gasteiger partial charge in [-0.1, -0.05) is 18.3 Å². The highest BCUT2D eigenvalue weighted by molar-refractivity contribution is 7.80. The predicted octanol–water partition coefficient (Wildman–Crippen LogP) is 2.23. The first kappa shape index (κ1) is 16.3. The van der Waals surface area contributed by atoms with Gasteiger partial charge in [-0.3, -0.25) is 4.90 Å². The Morgan fingerprint density at radius 1 is 1.38 bits per heavy atom. The quantitative estimate of drug-likeness (QED) is 0.846. The number of nitrogens with zero attached hydrogens (tertiary/aromatic N) is 2. The molecule has 0 bridgehead atoms. The molecule has 1 aliphatic heterocycles. The van der Waals surface area contributed by atoms with Gasteiger partial charge < -0.3 is 10.6 Å². The molecule has 1 aromatic carbocycles. The van der Waals surface area contributed by atoms with Crippen molar-refractivity contribution in [3.8, 4) is 0 Å². The van der Waals surface area contributed by atoms with Crippen LogP contribution in [0.1, 0.15) is 24.0 Å². The van der Waals surface area contributed by atoms with Crippen LogP contribution in [0.15, 0.2) is 18.2 Å². The van der Waals surface area contributed by atoms with Crippen LogP contribution in [-0.4, -0.2) is 48.5 Å². The molecule has 0 aromatic heterocycles. The lowest BCUT2D eigenvalue weighted by Crippen LogP contribution is -2.37. The van der Waals surface area contributed by atoms with Gasteiger partial charge in [0.25, 0.3) is 0 Å². The number of hydrogen-bond acceptors (Lipinski definition) is 3. The molecule has 1 heterocycles. The van der Waals surface area contributed by atoms with Crippen molar-refractivity contribution < 1.29 is 4.39 Å². The summed E-state index contributed by atoms with van der Waals surface area (Å²) in [7, 11) is 4.25. The molecule has 1 aromatic rings. The molecule has 0 saturated carbocycles. The van der Waals surface area contributed by atoms with Crippen LogP contribution < -0.4 is 5.73 Å². The van der Waals surface area contributed by atoms with Gasteiger partial charge in [0.15, 0.2) is 0 Å². The van der Waals surface area contributed by atoms with E-state index in [0.717, 1.165) is 37.7 Å². The van der Waals surface area contributed by atoms with Crippen molar-refractivity contribution in [3.63, 3.8) is 0 Å². The van der Waals surface area contributed by atoms with Gasteiger partial charge in [-0.05, 0) is 63.6 Å². The maximum absolute atomic E-state index is 13.3. The van der Waals surface area contributed by atoms with Gasteiger partial charge in [0.1, 0.15) is 10.8 Å². The molecule has 5 heteroatoms. The van der Waals surface area contributed by atoms with Gasteiger partial charge in [0, 0.05) is 18.7 Å². The molecule has 21 heavy (non-hydrogen) atoms. The molecular weight excluding hydrogens is 285 g/mol. The fourth-order valence-electron chi connectivity index (χ4n) is 3.00. The summed E-state index contributed by atoms with van der Waals surface area (Å²) >= 11 is 5.03. The summed E-state index contributed by atoms with van der Waals surface area (Å²) in [4.78, 5) is 4.93. The average molecular weight is 309 g/mol. The topological polar surface area (TPSA) is 32.5 Å². The summed E-state index contributed by atoms with van der Waals surface area (Å²) in [5.74, 6) is 0.491. The van der Waals surface area contributed by atoms with Crippen molar-refractivity contribution in [1.82, 2.24) is 9.80 Å². The number of piperidine rings is 1. The fraction of sp³-hybridized carbons (Fsp3) is 0.562. The lowest BCUT2D eigenvalue weighted by molar-refractivity contribution is 0.157. The summed E-state index contributed by atoms with van der Waals surface area (Å²) in [6.07, 6.45) is 2.42. The zero-order valence-corrected chi connectivity index (χ0v) is 13.6. The summed E-state index contributed by atoms with van der Waals surface area (Å²) < 4.78 is 13.3. The van der Waals surface area contributed by atoms with Crippen LogP contribution in [0.25, 0.3) is 0 Å². The van der Waals surface area contributed by atoms with Crippen molar-refractivity contribution in [3.05, 3.63) is 35.1 Å². The van der Waals surface area contributed by atoms with Crippen LogP contribution in [0.2, 0.25) is 0 Å². The molecule has 116 valence electrons. The molecule has 0 spiro atoms. The summed E-state index contributed by atoms with van der Waals surface area (Å²) in [6.45, 7) is 4.10. The second-order valence-electron chi connectivity index (χ2n) is 6.15. The molecule has 0 amide bonds. The van der Waals surface area contributed by atoms with Gasteiger partial charge in [-0.15, -0.1) is 0 Å². The monoisotopic (exact) mass is 309 g/mol. The molecular formula is C16H24FN3S. The predicted molar refractivity (Wildman–Crippen MR) is 88.8 cm³/mol. The normalized spacial score (nSPS) is 17.3. The Bertz CT molecular complexity index is 496. The average Bonchev–Trinajstić information content (AvgIpc) is 2.42. The smallest absolute Gasteiger partial charge is 0.123 e. The van der Waals surface area contributed by atoms with Crippen molar-refractivity contribution in [2.24, 2.45) is 11.7 Å². The highest BCUT2D eigenvalue weighted by atomic mass is 32.1. The van der Waals surface area contributed by atoms with Crippen molar-refractivity contribution >= 4 is 17.2 Å². The molecule has 1 aliphatic rings. The van der Waals surface area contributed by atoms with Gasteiger partial charge in [-0.2, -0.15) is 0 Å². The first-order valence-electron chi connectivity index (χ1n) is 7.41. The Kier molecular flexibility index (Phi) is 5.67. The van der Waals surface area contributed by atoms with Crippen LogP contribution >= 0.6 is 12.2 Å². The maximum atomic E-state index is 13.3. The minimum atomic E-state index is -0.286. The number of hydrogen-bond donors (Lipinski definition) is 1. The Morgan fingerprint density at radius 3 is 2.62 bits per heavy atom. The molecule has 0 aliphatic carbocycles. The van der Waals surface area contributed by atoms with Crippen LogP contribution in [0, 0.1) is 11.7 Å². The van der Waals surface area contributed by atoms with Gasteiger partial charge in [-0.25, -0.2) is 4.39 Å². The van der Waals surface area contributed by atoms with E-state index in [9.17, 15) is 4.39 Å². The Morgan fingerprint density at radius 2 is 2.05 bits per heavy atom. The van der Waals surface area contributed by atoms with Crippen LogP contribution in [0.4, 0.5) is 4.39 Å². The van der Waals surface area contributed by atoms with Crippen molar-refractivity contribution in [1.29, 1.82) is 0 Å². The van der Waals surface area contributed by atoms with Crippen LogP contribution in [0.3, 0.4) is 0 Å². The van der Waals surface area contributed by atoms with Crippen molar-refractivity contribution in [2.75, 3.05) is 33.7 Å². The summed E-state index contributed by atoms with van der Waals surface area (Å²) in [5, 5.41) is 0. The molecule has 2 rings (SSSR count). The first-order chi connectivity index (χ1) is 9.95. The second kappa shape index (κ2) is 7.29. The highest BCUT2D eigenvalue weighted by Gasteiger charge is 2.20. The maximum Gasteiger partial charge on any atom is 0.123 e. The third-order valence-corrected chi connectivity index (χ3v) is 4.28. The third kappa shape index (κ3) is 4.73. The van der Waals surface area contributed by atoms with E-state index in [1.54, 1.807) is 6.07 Å². The molecule has 1 fully saturated rings. The standard InChI is InChI=1S/C16H24FN3S/c1-19(2)10-12-5-7-20(8-6-12)11-13-3-4-14(17)9-15(13)16(18)21/h3-4,9,12H,5-8,10-11H2,1-2H3,(H2,18,21). The third-order valence-electron chi connectivity index (χ3n) is 4.06. The molecule has 1 saturated heterocycles. The Balaban J connectivity index is 1.96. The lowest BCUT2D eigenvalue weighted by Gasteiger charge is -2.33. The number of halogens is 1. The SMILES string of the molecule is CN(C)CC1CCN(Cc2ccc(F)cc2C(N)=S)CC1. The molecule has 0 atom stereocenters. The highest BCUT2D eigenvalue weighted by Crippen LogP contribution is 2.21. The number of likely N-dealkylation sites (tertiary alicyclic amines) is 1. The van der Waals surface area contributed by atoms with Crippen LogP contribution in [-0.2, 0) is 6.54 Å². The summed E-state index contributed by atoms with van der Waals surface area (Å²) in [6, 6.07) is 4.72. The van der Waals surface area contributed by atoms with E-state index in [0.29, 0.717) is 5.56 Å². The van der Waals surface area contributed by atoms with E-state index >= 15 is 0 Å². The zero-order valence-electron chi connectivity index (χ0n) is 12.8. The number of rotatable bonds is 5.